The summed E-state index contributed by atoms with van der Waals surface area (Å²) < 4.78 is 11.7. The van der Waals surface area contributed by atoms with Crippen molar-refractivity contribution in [2.45, 2.75) is 50.7 Å². The third-order valence-electron chi connectivity index (χ3n) is 5.84. The zero-order chi connectivity index (χ0) is 14.0. The van der Waals surface area contributed by atoms with Gasteiger partial charge in [-0.15, -0.1) is 0 Å². The van der Waals surface area contributed by atoms with Crippen LogP contribution in [0.3, 0.4) is 0 Å². The first-order chi connectivity index (χ1) is 9.72. The van der Waals surface area contributed by atoms with Crippen LogP contribution in [0.2, 0.25) is 0 Å². The van der Waals surface area contributed by atoms with E-state index in [4.69, 9.17) is 15.2 Å². The summed E-state index contributed by atoms with van der Waals surface area (Å²) in [6, 6.07) is 0.698. The van der Waals surface area contributed by atoms with E-state index in [1.54, 1.807) is 0 Å². The van der Waals surface area contributed by atoms with Gasteiger partial charge < -0.3 is 15.2 Å². The van der Waals surface area contributed by atoms with Crippen molar-refractivity contribution in [1.29, 1.82) is 0 Å². The number of likely N-dealkylation sites (tertiary alicyclic amines) is 1. The first-order valence-electron chi connectivity index (χ1n) is 8.38. The van der Waals surface area contributed by atoms with Crippen LogP contribution >= 0.6 is 0 Å². The van der Waals surface area contributed by atoms with Crippen molar-refractivity contribution in [2.75, 3.05) is 39.5 Å². The number of piperidine rings is 1. The Morgan fingerprint density at radius 1 is 1.20 bits per heavy atom. The zero-order valence-corrected chi connectivity index (χ0v) is 12.9. The third-order valence-corrected chi connectivity index (χ3v) is 5.84. The van der Waals surface area contributed by atoms with Gasteiger partial charge in [-0.1, -0.05) is 6.92 Å². The van der Waals surface area contributed by atoms with E-state index in [0.717, 1.165) is 45.1 Å². The summed E-state index contributed by atoms with van der Waals surface area (Å²) >= 11 is 0. The Balaban J connectivity index is 1.61. The molecule has 4 heteroatoms. The predicted molar refractivity (Wildman–Crippen MR) is 79.7 cm³/mol. The zero-order valence-electron chi connectivity index (χ0n) is 12.9. The summed E-state index contributed by atoms with van der Waals surface area (Å²) in [4.78, 5) is 2.71. The van der Waals surface area contributed by atoms with Crippen LogP contribution in [0.25, 0.3) is 0 Å². The second-order valence-electron chi connectivity index (χ2n) is 7.05. The fourth-order valence-electron chi connectivity index (χ4n) is 4.22. The second kappa shape index (κ2) is 6.30. The molecular formula is C16H30N2O2. The summed E-state index contributed by atoms with van der Waals surface area (Å²) in [7, 11) is 0. The monoisotopic (exact) mass is 282 g/mol. The van der Waals surface area contributed by atoms with Crippen molar-refractivity contribution < 1.29 is 9.47 Å². The van der Waals surface area contributed by atoms with Crippen molar-refractivity contribution >= 4 is 0 Å². The molecule has 0 aliphatic carbocycles. The van der Waals surface area contributed by atoms with Gasteiger partial charge in [0.1, 0.15) is 0 Å². The van der Waals surface area contributed by atoms with E-state index in [1.807, 2.05) is 0 Å². The van der Waals surface area contributed by atoms with E-state index >= 15 is 0 Å². The van der Waals surface area contributed by atoms with Gasteiger partial charge in [-0.05, 0) is 57.0 Å². The lowest BCUT2D eigenvalue weighted by atomic mass is 9.81. The van der Waals surface area contributed by atoms with Crippen LogP contribution in [0, 0.1) is 11.8 Å². The molecule has 3 atom stereocenters. The molecule has 0 amide bonds. The average molecular weight is 282 g/mol. The fourth-order valence-corrected chi connectivity index (χ4v) is 4.22. The standard InChI is InChI=1S/C16H30N2O2/c1-13-2-6-18(12-14(13)11-17)15-3-7-20-16(10-15)4-8-19-9-5-16/h13-15H,2-12,17H2,1H3. The molecule has 3 heterocycles. The number of ether oxygens (including phenoxy) is 2. The molecule has 20 heavy (non-hydrogen) atoms. The maximum atomic E-state index is 6.17. The summed E-state index contributed by atoms with van der Waals surface area (Å²) in [5.41, 5.74) is 6.07. The molecule has 0 aromatic carbocycles. The van der Waals surface area contributed by atoms with Gasteiger partial charge in [0, 0.05) is 32.4 Å². The van der Waals surface area contributed by atoms with Crippen molar-refractivity contribution in [3.8, 4) is 0 Å². The molecule has 0 aromatic heterocycles. The molecule has 3 rings (SSSR count). The molecule has 3 aliphatic heterocycles. The van der Waals surface area contributed by atoms with Gasteiger partial charge in [0.25, 0.3) is 0 Å². The molecule has 0 saturated carbocycles. The number of hydrogen-bond acceptors (Lipinski definition) is 4. The summed E-state index contributed by atoms with van der Waals surface area (Å²) in [6.45, 7) is 8.29. The maximum Gasteiger partial charge on any atom is 0.0741 e. The number of nitrogens with zero attached hydrogens (tertiary/aromatic N) is 1. The average Bonchev–Trinajstić information content (AvgIpc) is 2.48. The normalized spacial score (nSPS) is 39.0. The third kappa shape index (κ3) is 3.03. The Kier molecular flexibility index (Phi) is 4.65. The van der Waals surface area contributed by atoms with Crippen molar-refractivity contribution in [3.05, 3.63) is 0 Å². The van der Waals surface area contributed by atoms with E-state index in [-0.39, 0.29) is 5.60 Å². The highest BCUT2D eigenvalue weighted by atomic mass is 16.5. The summed E-state index contributed by atoms with van der Waals surface area (Å²) in [5, 5.41) is 0. The molecule has 2 N–H and O–H groups in total. The lowest BCUT2D eigenvalue weighted by Crippen LogP contribution is -2.54. The Morgan fingerprint density at radius 3 is 2.75 bits per heavy atom. The molecule has 0 bridgehead atoms. The van der Waals surface area contributed by atoms with Crippen molar-refractivity contribution in [1.82, 2.24) is 4.90 Å². The SMILES string of the molecule is CC1CCN(C2CCOC3(CCOCC3)C2)CC1CN. The van der Waals surface area contributed by atoms with Crippen LogP contribution in [0.15, 0.2) is 0 Å². The first kappa shape index (κ1) is 14.8. The van der Waals surface area contributed by atoms with Crippen LogP contribution in [0.4, 0.5) is 0 Å². The van der Waals surface area contributed by atoms with Gasteiger partial charge >= 0.3 is 0 Å². The topological polar surface area (TPSA) is 47.7 Å². The molecule has 3 fully saturated rings. The van der Waals surface area contributed by atoms with E-state index < -0.39 is 0 Å². The van der Waals surface area contributed by atoms with E-state index in [9.17, 15) is 0 Å². The smallest absolute Gasteiger partial charge is 0.0741 e. The fraction of sp³-hybridized carbons (Fsp3) is 1.00. The molecule has 0 radical (unpaired) electrons. The van der Waals surface area contributed by atoms with Crippen LogP contribution in [0.1, 0.15) is 39.0 Å². The Labute approximate surface area is 123 Å². The molecular weight excluding hydrogens is 252 g/mol. The molecule has 3 aliphatic rings. The van der Waals surface area contributed by atoms with Gasteiger partial charge in [0.2, 0.25) is 0 Å². The minimum absolute atomic E-state index is 0.114. The lowest BCUT2D eigenvalue weighted by Gasteiger charge is -2.49. The highest BCUT2D eigenvalue weighted by Crippen LogP contribution is 2.37. The Bertz CT molecular complexity index is 312. The van der Waals surface area contributed by atoms with Crippen LogP contribution < -0.4 is 5.73 Å². The molecule has 3 saturated heterocycles. The summed E-state index contributed by atoms with van der Waals surface area (Å²) in [6.07, 6.45) is 5.84. The highest BCUT2D eigenvalue weighted by Gasteiger charge is 2.41. The quantitative estimate of drug-likeness (QED) is 0.836. The summed E-state index contributed by atoms with van der Waals surface area (Å²) in [5.74, 6) is 1.46. The van der Waals surface area contributed by atoms with Crippen LogP contribution in [-0.4, -0.2) is 56.0 Å². The van der Waals surface area contributed by atoms with Crippen molar-refractivity contribution in [2.24, 2.45) is 17.6 Å². The number of rotatable bonds is 2. The minimum atomic E-state index is 0.114. The van der Waals surface area contributed by atoms with Crippen molar-refractivity contribution in [3.63, 3.8) is 0 Å². The second-order valence-corrected chi connectivity index (χ2v) is 7.05. The Hall–Kier alpha value is -0.160. The largest absolute Gasteiger partial charge is 0.381 e. The van der Waals surface area contributed by atoms with Gasteiger partial charge in [-0.25, -0.2) is 0 Å². The lowest BCUT2D eigenvalue weighted by molar-refractivity contribution is -0.154. The minimum Gasteiger partial charge on any atom is -0.381 e. The van der Waals surface area contributed by atoms with Gasteiger partial charge in [-0.2, -0.15) is 0 Å². The number of hydrogen-bond donors (Lipinski definition) is 1. The van der Waals surface area contributed by atoms with Crippen LogP contribution in [0.5, 0.6) is 0 Å². The highest BCUT2D eigenvalue weighted by molar-refractivity contribution is 4.94. The van der Waals surface area contributed by atoms with Gasteiger partial charge in [-0.3, -0.25) is 4.90 Å². The van der Waals surface area contributed by atoms with E-state index in [2.05, 4.69) is 11.8 Å². The molecule has 3 unspecified atom stereocenters. The molecule has 1 spiro atoms. The van der Waals surface area contributed by atoms with Gasteiger partial charge in [0.15, 0.2) is 0 Å². The van der Waals surface area contributed by atoms with E-state index in [1.165, 1.54) is 32.4 Å². The van der Waals surface area contributed by atoms with Crippen LogP contribution in [-0.2, 0) is 9.47 Å². The number of nitrogens with two attached hydrogens (primary N) is 1. The first-order valence-corrected chi connectivity index (χ1v) is 8.38. The predicted octanol–water partition coefficient (Wildman–Crippen LogP) is 1.63. The maximum absolute atomic E-state index is 6.17. The molecule has 116 valence electrons. The molecule has 4 nitrogen and oxygen atoms in total. The Morgan fingerprint density at radius 2 is 2.00 bits per heavy atom. The molecule has 0 aromatic rings. The van der Waals surface area contributed by atoms with Gasteiger partial charge in [0.05, 0.1) is 5.60 Å². The van der Waals surface area contributed by atoms with E-state index in [0.29, 0.717) is 12.0 Å².